The van der Waals surface area contributed by atoms with E-state index < -0.39 is 253 Å². The molecule has 8 heterocycles. The quantitative estimate of drug-likeness (QED) is 0.00909. The Morgan fingerprint density at radius 3 is 1.07 bits per heavy atom. The van der Waals surface area contributed by atoms with Crippen molar-refractivity contribution in [3.05, 3.63) is 0 Å². The summed E-state index contributed by atoms with van der Waals surface area (Å²) in [6.07, 6.45) is -43.9. The number of amides is 5. The van der Waals surface area contributed by atoms with Crippen LogP contribution in [0.3, 0.4) is 0 Å². The molecule has 8 fully saturated rings. The molecule has 0 radical (unpaired) electrons. The van der Waals surface area contributed by atoms with Crippen molar-refractivity contribution >= 4 is 116 Å². The van der Waals surface area contributed by atoms with E-state index in [4.69, 9.17) is 150 Å². The number of unbranched alkanes of at least 4 members (excludes halogenated alkanes) is 5. The minimum atomic E-state index is -6.00. The van der Waals surface area contributed by atoms with E-state index in [2.05, 4.69) is 68.3 Å². The molecule has 12 N–H and O–H groups in total. The average molecular weight is 2170 g/mol. The van der Waals surface area contributed by atoms with Crippen LogP contribution in [0.25, 0.3) is 0 Å². The van der Waals surface area contributed by atoms with Gasteiger partial charge in [0.2, 0.25) is 17.7 Å². The maximum atomic E-state index is 14.3. The van der Waals surface area contributed by atoms with Crippen molar-refractivity contribution in [1.29, 1.82) is 0 Å². The maximum absolute atomic E-state index is 14.3. The number of carbonyl (C=O) groups is 4. The molecule has 68 heteroatoms. The number of nitrogens with one attached hydrogen (secondary N) is 5. The first-order chi connectivity index (χ1) is 66.3. The zero-order valence-electron chi connectivity index (χ0n) is 76.4. The van der Waals surface area contributed by atoms with Crippen LogP contribution in [0.15, 0.2) is 0 Å². The Morgan fingerprint density at radius 1 is 0.362 bits per heavy atom. The van der Waals surface area contributed by atoms with Crippen molar-refractivity contribution in [3.63, 3.8) is 0 Å². The molecule has 0 saturated carbocycles. The van der Waals surface area contributed by atoms with E-state index >= 15 is 0 Å². The van der Waals surface area contributed by atoms with Crippen LogP contribution < -0.4 is 26.6 Å². The molecular formula is C70H123N5O55S8. The Morgan fingerprint density at radius 2 is 0.688 bits per heavy atom. The van der Waals surface area contributed by atoms with Crippen LogP contribution in [0.2, 0.25) is 0 Å². The zero-order valence-corrected chi connectivity index (χ0v) is 82.9. The highest BCUT2D eigenvalue weighted by Crippen LogP contribution is 2.45. The third-order valence-electron chi connectivity index (χ3n) is 22.6. The molecule has 5 amide bonds. The highest BCUT2D eigenvalue weighted by atomic mass is 32.3. The van der Waals surface area contributed by atoms with Crippen LogP contribution in [-0.4, -0.2) is 429 Å². The van der Waals surface area contributed by atoms with Crippen LogP contribution in [-0.2, 0) is 221 Å². The first-order valence-electron chi connectivity index (χ1n) is 42.3. The van der Waals surface area contributed by atoms with E-state index in [0.717, 1.165) is 32.8 Å². The van der Waals surface area contributed by atoms with Crippen LogP contribution in [0.4, 0.5) is 4.79 Å². The Hall–Kier alpha value is -2.52. The summed E-state index contributed by atoms with van der Waals surface area (Å²) < 4.78 is 306. The number of thioether (sulfide) groups is 1. The molecule has 8 rings (SSSR count). The number of fused-ring (bicyclic) bond motifs is 1. The number of hydrogen-bond donors (Lipinski definition) is 12. The van der Waals surface area contributed by atoms with Gasteiger partial charge in [-0.3, -0.25) is 44.8 Å². The summed E-state index contributed by atoms with van der Waals surface area (Å²) in [5.41, 5.74) is 0. The van der Waals surface area contributed by atoms with Crippen molar-refractivity contribution in [2.24, 2.45) is 0 Å². The van der Waals surface area contributed by atoms with Crippen molar-refractivity contribution in [1.82, 2.24) is 26.6 Å². The summed E-state index contributed by atoms with van der Waals surface area (Å²) in [6, 6.07) is 0.0735. The van der Waals surface area contributed by atoms with E-state index in [1.807, 2.05) is 11.8 Å². The summed E-state index contributed by atoms with van der Waals surface area (Å²) in [7, 11) is -0.970. The van der Waals surface area contributed by atoms with Crippen LogP contribution in [0, 0.1) is 0 Å². The molecule has 0 aromatic carbocycles. The van der Waals surface area contributed by atoms with Crippen LogP contribution in [0.1, 0.15) is 77.0 Å². The minimum Gasteiger partial charge on any atom is -0.382 e. The molecule has 0 aliphatic carbocycles. The Labute approximate surface area is 815 Å². The second-order valence-corrected chi connectivity index (χ2v) is 37.3. The fourth-order valence-electron chi connectivity index (χ4n) is 16.7. The molecule has 0 bridgehead atoms. The zero-order chi connectivity index (χ0) is 101. The van der Waals surface area contributed by atoms with E-state index in [1.54, 1.807) is 0 Å². The number of hydrogen-bond acceptors (Lipinski definition) is 57. The molecule has 0 spiro atoms. The Kier molecular flexibility index (Phi) is 54.8. The minimum absolute atomic E-state index is 0.00129. The van der Waals surface area contributed by atoms with Gasteiger partial charge in [-0.1, -0.05) is 39.4 Å². The molecule has 8 aliphatic rings. The lowest BCUT2D eigenvalue weighted by atomic mass is 9.94. The van der Waals surface area contributed by atoms with Gasteiger partial charge in [0.15, 0.2) is 99.2 Å². The molecular weight excluding hydrogens is 2050 g/mol. The van der Waals surface area contributed by atoms with Crippen molar-refractivity contribution in [2.75, 3.05) is 144 Å². The van der Waals surface area contributed by atoms with Gasteiger partial charge in [0.1, 0.15) is 134 Å². The predicted molar refractivity (Wildman–Crippen MR) is 456 cm³/mol. The van der Waals surface area contributed by atoms with Gasteiger partial charge in [-0.25, -0.2) is 38.4 Å². The third kappa shape index (κ3) is 36.8. The highest BCUT2D eigenvalue weighted by Gasteiger charge is 2.62. The summed E-state index contributed by atoms with van der Waals surface area (Å²) >= 11 is 0.538. The maximum Gasteiger partial charge on any atom is 0.397 e. The summed E-state index contributed by atoms with van der Waals surface area (Å²) in [5, 5.41) is 65.9. The molecule has 8 saturated heterocycles. The molecule has 0 aromatic heterocycles. The van der Waals surface area contributed by atoms with E-state index in [9.17, 15) is 63.3 Å². The van der Waals surface area contributed by atoms with E-state index in [-0.39, 0.29) is 113 Å². The second kappa shape index (κ2) is 62.7. The number of carbonyl (C=O) groups excluding carboxylic acids is 4. The fraction of sp³-hybridized carbons (Fsp3) is 0.943. The highest BCUT2D eigenvalue weighted by molar-refractivity contribution is 8.00. The second-order valence-electron chi connectivity index (χ2n) is 31.0. The van der Waals surface area contributed by atoms with E-state index in [1.165, 1.54) is 71.1 Å². The van der Waals surface area contributed by atoms with Gasteiger partial charge in [0.05, 0.1) is 45.1 Å². The van der Waals surface area contributed by atoms with Crippen LogP contribution >= 0.6 is 61.1 Å². The van der Waals surface area contributed by atoms with Gasteiger partial charge < -0.3 is 136 Å². The van der Waals surface area contributed by atoms with Crippen molar-refractivity contribution in [3.8, 4) is 0 Å². The van der Waals surface area contributed by atoms with Crippen molar-refractivity contribution < 1.29 is 255 Å². The van der Waals surface area contributed by atoms with Gasteiger partial charge >= 0.3 is 37.2 Å². The third-order valence-corrected chi connectivity index (χ3v) is 27.1. The van der Waals surface area contributed by atoms with Gasteiger partial charge in [-0.15, -0.1) is 17.3 Å². The lowest BCUT2D eigenvalue weighted by molar-refractivity contribution is -0.437. The first-order valence-corrected chi connectivity index (χ1v) is 50.1. The normalized spacial score (nSPS) is 34.7. The SMILES string of the molecule is COCC1O[C@@H](O[C@H]2C(OC)C(OC)[C@@H](O[C@H]3C(OC)C(OC)[C@@H](OC)O[C@@H]3COC)O[C@@H]2COC)C(OC)[C@@H](OC)[C@H]1O[C@@H]1OC(CNC(=O)CCCCCNC(=O)CCCCCNC(=O)CCCCC2SCC3NC(=O)NC32)[C@H](O[C@H]2O[C@H](COS(=O)(=O)O)[C@@H](O[C@H]3O[C@H](COS(=O)(=O)O)[C@@H](OSOOO)C(OSOOO)C3OSOOO)C(OSOOO)C2OS(=O)(=O)O)[C@H](OC)C1OC. The smallest absolute Gasteiger partial charge is 0.382 e. The summed E-state index contributed by atoms with van der Waals surface area (Å²) in [5.74, 6) is -0.0769. The Balaban J connectivity index is 1.08. The molecule has 138 heavy (non-hydrogen) atoms. The largest absolute Gasteiger partial charge is 0.397 e. The van der Waals surface area contributed by atoms with Crippen LogP contribution in [0.5, 0.6) is 0 Å². The molecule has 33 atom stereocenters. The lowest BCUT2D eigenvalue weighted by Gasteiger charge is -2.52. The summed E-state index contributed by atoms with van der Waals surface area (Å²) in [4.78, 5) is 51.6. The standard InChI is InChI=1S/C70H123N5O55S8/c1-93-28-36-47(53(97-5)58(100-8)64(104-12)108-36)115-66-61(103-11)55(99-7)49(38(110-66)30-95-3)116-67-60(102-10)54(98-6)48(37(109-67)29-94-2)114-65-59(101-9)52(96-4)46(35(107-65)27-73-44(78)23-16-14-20-25-71-42(76)22-15-13-19-26-72-43(77)24-18-17-21-41-45-34(33-131-41)74-70(79)75-45)113-69-63(122-138(90,91)92)56(119-133-128-124-81)50(39(111-69)31-105-136(84,85)86)117-68-62(121-135-130-126-83)57(120-134-129-125-82)51(118-132-127-123-80)40(112-68)32-106-137(87,88)89/h34-41,45-69,80-83H,13-33H2,1-12H3,(H,71,76)(H,72,77)(H,73,78)(H2,74,75,79)(H,84,85,86)(H,87,88,89)(H,90,91,92)/t34?,35?,36-,37?,38-,39-,40-,41?,45?,46+,47-,48+,49-,50-,51-,52+,53?,54+,55?,56?,57?,58?,59?,60?,61?,62?,63?,64+,65+,66-,67+,68-,69-/m1/s1. The molecule has 8 aliphatic heterocycles. The van der Waals surface area contributed by atoms with Crippen molar-refractivity contribution in [2.45, 2.75) is 279 Å². The number of urea groups is 1. The molecule has 15 unspecified atom stereocenters. The first kappa shape index (κ1) is 121. The molecule has 60 nitrogen and oxygen atoms in total. The van der Waals surface area contributed by atoms with Gasteiger partial charge in [0.25, 0.3) is 0 Å². The Bertz CT molecular complexity index is 3840. The fourth-order valence-corrected chi connectivity index (χ4v) is 20.8. The lowest BCUT2D eigenvalue weighted by Crippen LogP contribution is -2.69. The number of ether oxygens (including phenoxy) is 23. The van der Waals surface area contributed by atoms with Gasteiger partial charge in [0, 0.05) is 135 Å². The van der Waals surface area contributed by atoms with Gasteiger partial charge in [-0.2, -0.15) is 37.0 Å². The molecule has 0 aromatic rings. The topological polar surface area (TPSA) is 723 Å². The van der Waals surface area contributed by atoms with Gasteiger partial charge in [-0.05, 0) is 38.5 Å². The van der Waals surface area contributed by atoms with E-state index in [0.29, 0.717) is 56.7 Å². The predicted octanol–water partition coefficient (Wildman–Crippen LogP) is -0.532. The molecule has 806 valence electrons. The number of rotatable bonds is 68. The summed E-state index contributed by atoms with van der Waals surface area (Å²) in [6.45, 7) is -3.44. The number of methoxy groups -OCH3 is 12. The monoisotopic (exact) mass is 2170 g/mol. The average Bonchev–Trinajstić information content (AvgIpc) is 0.871.